The molecule has 1 N–H and O–H groups in total. The molecule has 192 valence electrons. The van der Waals surface area contributed by atoms with Crippen molar-refractivity contribution in [2.45, 2.75) is 53.0 Å². The largest absolute Gasteiger partial charge is 0.494 e. The minimum Gasteiger partial charge on any atom is -0.494 e. The Bertz CT molecular complexity index is 1150. The van der Waals surface area contributed by atoms with Gasteiger partial charge in [-0.15, -0.1) is 0 Å². The number of benzene rings is 2. The zero-order valence-corrected chi connectivity index (χ0v) is 21.8. The highest BCUT2D eigenvalue weighted by atomic mass is 16.5. The van der Waals surface area contributed by atoms with Crippen LogP contribution in [-0.4, -0.2) is 52.8 Å². The third-order valence-corrected chi connectivity index (χ3v) is 6.96. The van der Waals surface area contributed by atoms with Crippen molar-refractivity contribution < 1.29 is 14.3 Å². The standard InChI is InChI=1S/C30H39N3O3/c1-4-36-26-14-12-23(13-15-26)20-32(17-16-25-18-31-28-11-6-5-10-27(25)28)29(34)21-33(19-22(2)3)30(35)24-8-7-9-24/h5-6,10-15,18,22,24,31H,4,7-9,16-17,19-21H2,1-3H3. The number of hydrogen-bond donors (Lipinski definition) is 1. The van der Waals surface area contributed by atoms with Crippen molar-refractivity contribution in [1.29, 1.82) is 0 Å². The van der Waals surface area contributed by atoms with Gasteiger partial charge in [-0.25, -0.2) is 0 Å². The molecule has 36 heavy (non-hydrogen) atoms. The molecule has 0 bridgehead atoms. The second-order valence-corrected chi connectivity index (χ2v) is 10.2. The van der Waals surface area contributed by atoms with Gasteiger partial charge in [0.2, 0.25) is 11.8 Å². The van der Waals surface area contributed by atoms with E-state index in [0.717, 1.165) is 42.5 Å². The first-order valence-corrected chi connectivity index (χ1v) is 13.3. The summed E-state index contributed by atoms with van der Waals surface area (Å²) < 4.78 is 5.58. The fraction of sp³-hybridized carbons (Fsp3) is 0.467. The summed E-state index contributed by atoms with van der Waals surface area (Å²) in [5, 5.41) is 1.19. The second-order valence-electron chi connectivity index (χ2n) is 10.2. The molecule has 6 heteroatoms. The van der Waals surface area contributed by atoms with Crippen LogP contribution < -0.4 is 4.74 Å². The molecule has 4 rings (SSSR count). The number of ether oxygens (including phenoxy) is 1. The number of hydrogen-bond acceptors (Lipinski definition) is 3. The molecule has 1 aliphatic rings. The minimum atomic E-state index is -0.00273. The SMILES string of the molecule is CCOc1ccc(CN(CCc2c[nH]c3ccccc23)C(=O)CN(CC(C)C)C(=O)C2CCC2)cc1. The molecule has 0 saturated heterocycles. The van der Waals surface area contributed by atoms with Crippen LogP contribution in [0.25, 0.3) is 10.9 Å². The van der Waals surface area contributed by atoms with Crippen molar-refractivity contribution in [3.05, 3.63) is 65.9 Å². The molecule has 0 atom stereocenters. The van der Waals surface area contributed by atoms with Gasteiger partial charge >= 0.3 is 0 Å². The molecular formula is C30H39N3O3. The smallest absolute Gasteiger partial charge is 0.242 e. The van der Waals surface area contributed by atoms with E-state index in [2.05, 4.69) is 31.0 Å². The fourth-order valence-electron chi connectivity index (χ4n) is 4.81. The Morgan fingerprint density at radius 3 is 2.47 bits per heavy atom. The topological polar surface area (TPSA) is 65.6 Å². The molecule has 0 spiro atoms. The molecule has 2 amide bonds. The average Bonchev–Trinajstić information content (AvgIpc) is 3.24. The maximum Gasteiger partial charge on any atom is 0.242 e. The quantitative estimate of drug-likeness (QED) is 0.369. The van der Waals surface area contributed by atoms with Crippen LogP contribution in [0.1, 0.15) is 51.2 Å². The van der Waals surface area contributed by atoms with Crippen LogP contribution in [0.4, 0.5) is 0 Å². The lowest BCUT2D eigenvalue weighted by molar-refractivity contribution is -0.145. The van der Waals surface area contributed by atoms with Crippen LogP contribution in [0.2, 0.25) is 0 Å². The molecule has 0 aliphatic heterocycles. The number of aromatic amines is 1. The van der Waals surface area contributed by atoms with E-state index in [1.807, 2.05) is 54.4 Å². The summed E-state index contributed by atoms with van der Waals surface area (Å²) >= 11 is 0. The highest BCUT2D eigenvalue weighted by Gasteiger charge is 2.31. The lowest BCUT2D eigenvalue weighted by atomic mass is 9.84. The van der Waals surface area contributed by atoms with Crippen molar-refractivity contribution in [2.75, 3.05) is 26.2 Å². The zero-order chi connectivity index (χ0) is 25.5. The van der Waals surface area contributed by atoms with Crippen LogP contribution in [0.5, 0.6) is 5.75 Å². The molecule has 1 aliphatic carbocycles. The number of amides is 2. The molecule has 2 aromatic carbocycles. The van der Waals surface area contributed by atoms with Crippen LogP contribution in [0.3, 0.4) is 0 Å². The van der Waals surface area contributed by atoms with Crippen LogP contribution >= 0.6 is 0 Å². The lowest BCUT2D eigenvalue weighted by Gasteiger charge is -2.34. The molecule has 6 nitrogen and oxygen atoms in total. The van der Waals surface area contributed by atoms with Gasteiger partial charge in [-0.05, 0) is 61.4 Å². The Kier molecular flexibility index (Phi) is 8.68. The van der Waals surface area contributed by atoms with Gasteiger partial charge in [0.1, 0.15) is 5.75 Å². The van der Waals surface area contributed by atoms with E-state index in [0.29, 0.717) is 32.2 Å². The van der Waals surface area contributed by atoms with Crippen molar-refractivity contribution in [3.8, 4) is 5.75 Å². The highest BCUT2D eigenvalue weighted by molar-refractivity contribution is 5.86. The summed E-state index contributed by atoms with van der Waals surface area (Å²) in [7, 11) is 0. The molecule has 1 heterocycles. The Morgan fingerprint density at radius 1 is 1.06 bits per heavy atom. The minimum absolute atomic E-state index is 0.00273. The number of para-hydroxylation sites is 1. The third-order valence-electron chi connectivity index (χ3n) is 6.96. The van der Waals surface area contributed by atoms with Crippen molar-refractivity contribution in [2.24, 2.45) is 11.8 Å². The van der Waals surface area contributed by atoms with Gasteiger partial charge in [-0.2, -0.15) is 0 Å². The number of aromatic nitrogens is 1. The first-order chi connectivity index (χ1) is 17.4. The Labute approximate surface area is 214 Å². The first-order valence-electron chi connectivity index (χ1n) is 13.3. The van der Waals surface area contributed by atoms with Gasteiger partial charge < -0.3 is 19.5 Å². The Morgan fingerprint density at radius 2 is 1.81 bits per heavy atom. The summed E-state index contributed by atoms with van der Waals surface area (Å²) in [6, 6.07) is 16.2. The summed E-state index contributed by atoms with van der Waals surface area (Å²) in [5.41, 5.74) is 3.34. The number of H-pyrrole nitrogens is 1. The van der Waals surface area contributed by atoms with Crippen LogP contribution in [-0.2, 0) is 22.6 Å². The van der Waals surface area contributed by atoms with E-state index in [1.165, 1.54) is 10.9 Å². The zero-order valence-electron chi connectivity index (χ0n) is 21.8. The summed E-state index contributed by atoms with van der Waals surface area (Å²) in [4.78, 5) is 33.8. The number of carbonyl (C=O) groups is 2. The van der Waals surface area contributed by atoms with E-state index in [1.54, 1.807) is 4.90 Å². The third kappa shape index (κ3) is 6.48. The van der Waals surface area contributed by atoms with Crippen molar-refractivity contribution in [1.82, 2.24) is 14.8 Å². The number of fused-ring (bicyclic) bond motifs is 1. The Hall–Kier alpha value is -3.28. The van der Waals surface area contributed by atoms with Gasteiger partial charge in [0, 0.05) is 42.7 Å². The van der Waals surface area contributed by atoms with E-state index < -0.39 is 0 Å². The monoisotopic (exact) mass is 489 g/mol. The lowest BCUT2D eigenvalue weighted by Crippen LogP contribution is -2.47. The van der Waals surface area contributed by atoms with E-state index in [4.69, 9.17) is 4.74 Å². The molecule has 0 unspecified atom stereocenters. The summed E-state index contributed by atoms with van der Waals surface area (Å²) in [6.45, 7) is 8.61. The van der Waals surface area contributed by atoms with E-state index in [9.17, 15) is 9.59 Å². The van der Waals surface area contributed by atoms with Gasteiger partial charge in [0.25, 0.3) is 0 Å². The normalized spacial score (nSPS) is 13.6. The predicted molar refractivity (Wildman–Crippen MR) is 144 cm³/mol. The van der Waals surface area contributed by atoms with Gasteiger partial charge in [0.05, 0.1) is 13.2 Å². The molecule has 1 aromatic heterocycles. The van der Waals surface area contributed by atoms with Crippen LogP contribution in [0.15, 0.2) is 54.7 Å². The van der Waals surface area contributed by atoms with E-state index >= 15 is 0 Å². The van der Waals surface area contributed by atoms with Gasteiger partial charge in [-0.3, -0.25) is 9.59 Å². The van der Waals surface area contributed by atoms with Crippen LogP contribution in [0, 0.1) is 11.8 Å². The molecule has 3 aromatic rings. The average molecular weight is 490 g/mol. The second kappa shape index (κ2) is 12.1. The molecular weight excluding hydrogens is 450 g/mol. The van der Waals surface area contributed by atoms with Crippen molar-refractivity contribution in [3.63, 3.8) is 0 Å². The van der Waals surface area contributed by atoms with Gasteiger partial charge in [-0.1, -0.05) is 50.6 Å². The summed E-state index contributed by atoms with van der Waals surface area (Å²) in [5.74, 6) is 1.36. The Balaban J connectivity index is 1.50. The number of carbonyl (C=O) groups excluding carboxylic acids is 2. The molecule has 0 radical (unpaired) electrons. The predicted octanol–water partition coefficient (Wildman–Crippen LogP) is 5.42. The summed E-state index contributed by atoms with van der Waals surface area (Å²) in [6.07, 6.45) is 5.77. The maximum atomic E-state index is 13.7. The maximum absolute atomic E-state index is 13.7. The molecule has 1 saturated carbocycles. The van der Waals surface area contributed by atoms with Crippen molar-refractivity contribution >= 4 is 22.7 Å². The van der Waals surface area contributed by atoms with E-state index in [-0.39, 0.29) is 24.3 Å². The van der Waals surface area contributed by atoms with Gasteiger partial charge in [0.15, 0.2) is 0 Å². The molecule has 1 fully saturated rings. The first kappa shape index (κ1) is 25.8. The highest BCUT2D eigenvalue weighted by Crippen LogP contribution is 2.28. The number of nitrogens with one attached hydrogen (secondary N) is 1. The number of rotatable bonds is 12. The number of nitrogens with zero attached hydrogens (tertiary/aromatic N) is 2. The fourth-order valence-corrected chi connectivity index (χ4v) is 4.81.